The zero-order valence-electron chi connectivity index (χ0n) is 19.9. The van der Waals surface area contributed by atoms with Gasteiger partial charge in [0.1, 0.15) is 5.75 Å². The highest BCUT2D eigenvalue weighted by Gasteiger charge is 2.22. The third-order valence-electron chi connectivity index (χ3n) is 6.50. The number of nitrogens with zero attached hydrogens (tertiary/aromatic N) is 3. The normalized spacial score (nSPS) is 17.2. The first kappa shape index (κ1) is 24.0. The maximum absolute atomic E-state index is 12.9. The van der Waals surface area contributed by atoms with E-state index in [1.54, 1.807) is 11.8 Å². The Kier molecular flexibility index (Phi) is 8.95. The quantitative estimate of drug-likeness (QED) is 0.382. The van der Waals surface area contributed by atoms with Gasteiger partial charge in [-0.15, -0.1) is 11.8 Å². The summed E-state index contributed by atoms with van der Waals surface area (Å²) in [5.74, 6) is 2.09. The van der Waals surface area contributed by atoms with Crippen LogP contribution in [-0.4, -0.2) is 73.9 Å². The van der Waals surface area contributed by atoms with E-state index >= 15 is 0 Å². The van der Waals surface area contributed by atoms with Crippen molar-refractivity contribution in [2.75, 3.05) is 63.1 Å². The van der Waals surface area contributed by atoms with Crippen LogP contribution in [0.5, 0.6) is 5.75 Å². The predicted octanol–water partition coefficient (Wildman–Crippen LogP) is 5.02. The monoisotopic (exact) mass is 467 g/mol. The fraction of sp³-hybridized carbons (Fsp3) is 0.519. The number of carbonyl (C=O) groups is 1. The molecule has 1 amide bonds. The first-order valence-corrected chi connectivity index (χ1v) is 13.4. The summed E-state index contributed by atoms with van der Waals surface area (Å²) in [6.45, 7) is 9.74. The minimum Gasteiger partial charge on any atom is -0.494 e. The Morgan fingerprint density at radius 1 is 0.939 bits per heavy atom. The molecule has 2 heterocycles. The van der Waals surface area contributed by atoms with Crippen molar-refractivity contribution in [1.82, 2.24) is 9.80 Å². The number of piperidine rings is 1. The minimum atomic E-state index is 0.140. The molecule has 0 atom stereocenters. The van der Waals surface area contributed by atoms with Gasteiger partial charge in [-0.3, -0.25) is 4.79 Å². The lowest BCUT2D eigenvalue weighted by Gasteiger charge is -2.36. The fourth-order valence-electron chi connectivity index (χ4n) is 4.65. The first-order valence-electron chi connectivity index (χ1n) is 12.5. The van der Waals surface area contributed by atoms with Crippen molar-refractivity contribution in [3.8, 4) is 5.75 Å². The summed E-state index contributed by atoms with van der Waals surface area (Å²) in [5, 5.41) is 0. The lowest BCUT2D eigenvalue weighted by Crippen LogP contribution is -2.48. The topological polar surface area (TPSA) is 36.0 Å². The largest absolute Gasteiger partial charge is 0.494 e. The van der Waals surface area contributed by atoms with Crippen LogP contribution in [0.2, 0.25) is 0 Å². The number of rotatable bonds is 9. The summed E-state index contributed by atoms with van der Waals surface area (Å²) in [4.78, 5) is 21.0. The number of carbonyl (C=O) groups excluding carboxylic acids is 1. The van der Waals surface area contributed by atoms with Gasteiger partial charge in [-0.2, -0.15) is 0 Å². The SMILES string of the molecule is CCSc1cccc(C(=O)N2CCN(c3ccc(OCCCN4CCCCC4)cc3)CC2)c1. The Balaban J connectivity index is 1.21. The van der Waals surface area contributed by atoms with E-state index in [0.29, 0.717) is 0 Å². The summed E-state index contributed by atoms with van der Waals surface area (Å²) in [6, 6.07) is 16.4. The Hall–Kier alpha value is -2.18. The average Bonchev–Trinajstić information content (AvgIpc) is 2.88. The number of hydrogen-bond acceptors (Lipinski definition) is 5. The number of anilines is 1. The molecule has 33 heavy (non-hydrogen) atoms. The van der Waals surface area contributed by atoms with Crippen molar-refractivity contribution in [2.45, 2.75) is 37.5 Å². The molecule has 0 unspecified atom stereocenters. The lowest BCUT2D eigenvalue weighted by atomic mass is 10.1. The minimum absolute atomic E-state index is 0.140. The zero-order valence-corrected chi connectivity index (χ0v) is 20.7. The van der Waals surface area contributed by atoms with E-state index in [9.17, 15) is 4.79 Å². The Morgan fingerprint density at radius 2 is 1.70 bits per heavy atom. The van der Waals surface area contributed by atoms with Gasteiger partial charge in [0.15, 0.2) is 0 Å². The van der Waals surface area contributed by atoms with Gasteiger partial charge >= 0.3 is 0 Å². The number of ether oxygens (including phenoxy) is 1. The van der Waals surface area contributed by atoms with Gasteiger partial charge in [-0.25, -0.2) is 0 Å². The van der Waals surface area contributed by atoms with Gasteiger partial charge < -0.3 is 19.4 Å². The van der Waals surface area contributed by atoms with E-state index in [1.807, 2.05) is 23.1 Å². The molecule has 6 heteroatoms. The first-order chi connectivity index (χ1) is 16.2. The molecule has 178 valence electrons. The molecular weight excluding hydrogens is 430 g/mol. The van der Waals surface area contributed by atoms with Crippen LogP contribution in [0.1, 0.15) is 43.0 Å². The molecule has 2 aromatic carbocycles. The van der Waals surface area contributed by atoms with Crippen LogP contribution in [0.15, 0.2) is 53.4 Å². The third-order valence-corrected chi connectivity index (χ3v) is 7.37. The Morgan fingerprint density at radius 3 is 2.42 bits per heavy atom. The van der Waals surface area contributed by atoms with Crippen molar-refractivity contribution in [3.63, 3.8) is 0 Å². The zero-order chi connectivity index (χ0) is 22.9. The van der Waals surface area contributed by atoms with Crippen LogP contribution in [0, 0.1) is 0 Å². The molecule has 0 saturated carbocycles. The van der Waals surface area contributed by atoms with Crippen LogP contribution in [-0.2, 0) is 0 Å². The van der Waals surface area contributed by atoms with Gasteiger partial charge in [0.25, 0.3) is 5.91 Å². The van der Waals surface area contributed by atoms with Crippen LogP contribution in [0.4, 0.5) is 5.69 Å². The van der Waals surface area contributed by atoms with E-state index in [-0.39, 0.29) is 5.91 Å². The van der Waals surface area contributed by atoms with Crippen molar-refractivity contribution in [1.29, 1.82) is 0 Å². The molecule has 2 aromatic rings. The van der Waals surface area contributed by atoms with Crippen LogP contribution >= 0.6 is 11.8 Å². The molecule has 5 nitrogen and oxygen atoms in total. The molecule has 2 fully saturated rings. The maximum atomic E-state index is 12.9. The number of likely N-dealkylation sites (tertiary alicyclic amines) is 1. The Labute approximate surface area is 203 Å². The molecule has 0 aromatic heterocycles. The molecule has 0 spiro atoms. The van der Waals surface area contributed by atoms with Crippen molar-refractivity contribution < 1.29 is 9.53 Å². The molecule has 2 saturated heterocycles. The van der Waals surface area contributed by atoms with Crippen molar-refractivity contribution in [3.05, 3.63) is 54.1 Å². The van der Waals surface area contributed by atoms with Gasteiger partial charge in [0.2, 0.25) is 0 Å². The highest BCUT2D eigenvalue weighted by atomic mass is 32.2. The van der Waals surface area contributed by atoms with Crippen LogP contribution in [0.3, 0.4) is 0 Å². The van der Waals surface area contributed by atoms with E-state index in [1.165, 1.54) is 38.0 Å². The standard InChI is InChI=1S/C27H37N3O2S/c1-2-33-26-9-6-8-23(22-26)27(31)30-19-17-29(18-20-30)24-10-12-25(13-11-24)32-21-7-16-28-14-4-3-5-15-28/h6,8-13,22H,2-5,7,14-21H2,1H3. The molecule has 0 radical (unpaired) electrons. The summed E-state index contributed by atoms with van der Waals surface area (Å²) < 4.78 is 5.96. The van der Waals surface area contributed by atoms with E-state index < -0.39 is 0 Å². The second kappa shape index (κ2) is 12.3. The molecular formula is C27H37N3O2S. The number of thioether (sulfide) groups is 1. The Bertz CT molecular complexity index is 875. The van der Waals surface area contributed by atoms with Crippen molar-refractivity contribution in [2.24, 2.45) is 0 Å². The molecule has 4 rings (SSSR count). The van der Waals surface area contributed by atoms with Crippen LogP contribution in [0.25, 0.3) is 0 Å². The van der Waals surface area contributed by atoms with E-state index in [4.69, 9.17) is 4.74 Å². The second-order valence-electron chi connectivity index (χ2n) is 8.84. The number of benzene rings is 2. The highest BCUT2D eigenvalue weighted by molar-refractivity contribution is 7.99. The smallest absolute Gasteiger partial charge is 0.254 e. The number of hydrogen-bond donors (Lipinski definition) is 0. The molecule has 0 aliphatic carbocycles. The third kappa shape index (κ3) is 6.90. The van der Waals surface area contributed by atoms with E-state index in [2.05, 4.69) is 47.1 Å². The summed E-state index contributed by atoms with van der Waals surface area (Å²) in [7, 11) is 0. The molecule has 0 N–H and O–H groups in total. The summed E-state index contributed by atoms with van der Waals surface area (Å²) in [5.41, 5.74) is 1.99. The lowest BCUT2D eigenvalue weighted by molar-refractivity contribution is 0.0746. The summed E-state index contributed by atoms with van der Waals surface area (Å²) >= 11 is 1.77. The van der Waals surface area contributed by atoms with Gasteiger partial charge in [-0.1, -0.05) is 19.4 Å². The maximum Gasteiger partial charge on any atom is 0.254 e. The van der Waals surface area contributed by atoms with Crippen molar-refractivity contribution >= 4 is 23.4 Å². The van der Waals surface area contributed by atoms with Gasteiger partial charge in [0.05, 0.1) is 6.61 Å². The predicted molar refractivity (Wildman–Crippen MR) is 138 cm³/mol. The number of piperazine rings is 1. The van der Waals surface area contributed by atoms with Gasteiger partial charge in [-0.05, 0) is 80.6 Å². The number of amides is 1. The van der Waals surface area contributed by atoms with Gasteiger partial charge in [0, 0.05) is 48.9 Å². The molecule has 2 aliphatic heterocycles. The highest BCUT2D eigenvalue weighted by Crippen LogP contribution is 2.23. The fourth-order valence-corrected chi connectivity index (χ4v) is 5.37. The van der Waals surface area contributed by atoms with E-state index in [0.717, 1.165) is 67.7 Å². The van der Waals surface area contributed by atoms with Crippen LogP contribution < -0.4 is 9.64 Å². The molecule has 0 bridgehead atoms. The molecule has 2 aliphatic rings. The summed E-state index contributed by atoms with van der Waals surface area (Å²) in [6.07, 6.45) is 5.15. The second-order valence-corrected chi connectivity index (χ2v) is 10.2. The average molecular weight is 468 g/mol.